The summed E-state index contributed by atoms with van der Waals surface area (Å²) in [6.45, 7) is 4.22. The lowest BCUT2D eigenvalue weighted by atomic mass is 10.1. The van der Waals surface area contributed by atoms with Crippen molar-refractivity contribution in [1.29, 1.82) is 0 Å². The van der Waals surface area contributed by atoms with Gasteiger partial charge in [0.05, 0.1) is 6.61 Å². The number of halogens is 1. The van der Waals surface area contributed by atoms with Gasteiger partial charge in [0, 0.05) is 0 Å². The molecule has 2 unspecified atom stereocenters. The van der Waals surface area contributed by atoms with Crippen LogP contribution < -0.4 is 5.73 Å². The van der Waals surface area contributed by atoms with Crippen molar-refractivity contribution in [3.8, 4) is 0 Å². The van der Waals surface area contributed by atoms with Crippen LogP contribution in [0.5, 0.6) is 0 Å². The Hall–Kier alpha value is 0.530. The minimum atomic E-state index is -0.569. The van der Waals surface area contributed by atoms with Gasteiger partial charge in [-0.1, -0.05) is 0 Å². The van der Waals surface area contributed by atoms with Crippen molar-refractivity contribution in [1.82, 2.24) is 0 Å². The highest BCUT2D eigenvalue weighted by molar-refractivity contribution is 14.1. The highest BCUT2D eigenvalue weighted by atomic mass is 127. The van der Waals surface area contributed by atoms with E-state index in [0.29, 0.717) is 6.61 Å². The second-order valence-corrected chi connectivity index (χ2v) is 4.60. The number of hydrogen-bond acceptors (Lipinski definition) is 5. The fourth-order valence-electron chi connectivity index (χ4n) is 1.91. The van der Waals surface area contributed by atoms with Crippen LogP contribution in [0.1, 0.15) is 13.8 Å². The lowest BCUT2D eigenvalue weighted by Crippen LogP contribution is -2.35. The molecule has 2 N–H and O–H groups in total. The van der Waals surface area contributed by atoms with Gasteiger partial charge < -0.3 is 23.0 Å². The highest BCUT2D eigenvalue weighted by Crippen LogP contribution is 2.37. The Labute approximate surface area is 96.9 Å². The molecule has 2 saturated heterocycles. The third-order valence-electron chi connectivity index (χ3n) is 2.41. The second kappa shape index (κ2) is 3.84. The first kappa shape index (κ1) is 11.0. The summed E-state index contributed by atoms with van der Waals surface area (Å²) in [5.74, 6) is -0.569. The topological polar surface area (TPSA) is 62.9 Å². The number of hydrogen-bond donors (Lipinski definition) is 1. The average Bonchev–Trinajstić information content (AvgIpc) is 2.51. The van der Waals surface area contributed by atoms with Crippen molar-refractivity contribution in [2.24, 2.45) is 5.73 Å². The van der Waals surface area contributed by atoms with Gasteiger partial charge in [-0.05, 0) is 13.8 Å². The monoisotopic (exact) mass is 315 g/mol. The van der Waals surface area contributed by atoms with E-state index >= 15 is 0 Å². The molecule has 14 heavy (non-hydrogen) atoms. The van der Waals surface area contributed by atoms with Crippen molar-refractivity contribution in [3.05, 3.63) is 0 Å². The molecule has 0 radical (unpaired) electrons. The summed E-state index contributed by atoms with van der Waals surface area (Å²) in [5.41, 5.74) is 5.78. The predicted molar refractivity (Wildman–Crippen MR) is 56.6 cm³/mol. The van der Waals surface area contributed by atoms with Gasteiger partial charge in [0.15, 0.2) is 5.79 Å². The van der Waals surface area contributed by atoms with Gasteiger partial charge in [-0.3, -0.25) is 0 Å². The molecular weight excluding hydrogens is 301 g/mol. The quantitative estimate of drug-likeness (QED) is 0.754. The normalized spacial score (nSPS) is 45.4. The zero-order valence-electron chi connectivity index (χ0n) is 8.10. The molecule has 0 aromatic carbocycles. The first-order valence-corrected chi connectivity index (χ1v) is 5.42. The summed E-state index contributed by atoms with van der Waals surface area (Å²) < 4.78 is 21.8. The molecule has 5 nitrogen and oxygen atoms in total. The van der Waals surface area contributed by atoms with Gasteiger partial charge >= 0.3 is 0 Å². The van der Waals surface area contributed by atoms with Gasteiger partial charge in [0.25, 0.3) is 0 Å². The van der Waals surface area contributed by atoms with Gasteiger partial charge in [-0.25, -0.2) is 0 Å². The number of nitrogens with two attached hydrogens (primary N) is 1. The fraction of sp³-hybridized carbons (Fsp3) is 1.00. The molecule has 82 valence electrons. The van der Waals surface area contributed by atoms with Crippen LogP contribution in [0.4, 0.5) is 0 Å². The van der Waals surface area contributed by atoms with E-state index < -0.39 is 12.0 Å². The first-order valence-electron chi connectivity index (χ1n) is 4.54. The molecule has 0 saturated carbocycles. The van der Waals surface area contributed by atoms with E-state index in [-0.39, 0.29) is 18.3 Å². The second-order valence-electron chi connectivity index (χ2n) is 3.98. The van der Waals surface area contributed by atoms with Crippen molar-refractivity contribution >= 4 is 23.0 Å². The van der Waals surface area contributed by atoms with Crippen LogP contribution in [0.25, 0.3) is 0 Å². The Morgan fingerprint density at radius 1 is 1.36 bits per heavy atom. The van der Waals surface area contributed by atoms with Crippen LogP contribution in [0.3, 0.4) is 0 Å². The summed E-state index contributed by atoms with van der Waals surface area (Å²) in [4.78, 5) is 0. The summed E-state index contributed by atoms with van der Waals surface area (Å²) in [5, 5.41) is 0. The maximum atomic E-state index is 5.78. The van der Waals surface area contributed by atoms with E-state index in [2.05, 4.69) is 0 Å². The van der Waals surface area contributed by atoms with Crippen LogP contribution in [-0.4, -0.2) is 36.9 Å². The number of ether oxygens (including phenoxy) is 3. The molecule has 2 fully saturated rings. The van der Waals surface area contributed by atoms with Crippen molar-refractivity contribution < 1.29 is 17.3 Å². The van der Waals surface area contributed by atoms with Gasteiger partial charge in [-0.15, -0.1) is 0 Å². The maximum absolute atomic E-state index is 5.78. The molecule has 0 spiro atoms. The van der Waals surface area contributed by atoms with Crippen LogP contribution >= 0.6 is 23.0 Å². The predicted octanol–water partition coefficient (Wildman–Crippen LogP) is 0.557. The maximum Gasteiger partial charge on any atom is 0.164 e. The lowest BCUT2D eigenvalue weighted by molar-refractivity contribution is -0.187. The van der Waals surface area contributed by atoms with Crippen LogP contribution in [-0.2, 0) is 17.3 Å². The fourth-order valence-corrected chi connectivity index (χ4v) is 2.27. The minimum absolute atomic E-state index is 0.116. The molecule has 2 aliphatic rings. The summed E-state index contributed by atoms with van der Waals surface area (Å²) >= 11 is 1.83. The summed E-state index contributed by atoms with van der Waals surface area (Å²) in [7, 11) is 0. The molecule has 2 rings (SSSR count). The molecule has 6 heteroatoms. The molecule has 2 heterocycles. The van der Waals surface area contributed by atoms with E-state index in [1.807, 2.05) is 36.9 Å². The molecular formula is C8H14INO4. The average molecular weight is 315 g/mol. The molecule has 0 amide bonds. The molecule has 0 aromatic rings. The Bertz CT molecular complexity index is 225. The third-order valence-corrected chi connectivity index (χ3v) is 2.77. The van der Waals surface area contributed by atoms with E-state index in [1.165, 1.54) is 0 Å². The van der Waals surface area contributed by atoms with Gasteiger partial charge in [0.2, 0.25) is 0 Å². The standard InChI is InChI=1S/C8H14INO4/c1-8(2)13-5-4(3-11-9)12-7(10)6(5)14-8/h4-7H,3,10H2,1-2H3/t4-,5?,6?,7-/m1/s1. The SMILES string of the molecule is CC1(C)OC2C(O1)[C@@H](COI)O[C@H]2N. The van der Waals surface area contributed by atoms with Crippen LogP contribution in [0.2, 0.25) is 0 Å². The Kier molecular flexibility index (Phi) is 3.02. The molecule has 0 aliphatic carbocycles. The largest absolute Gasteiger partial charge is 0.352 e. The smallest absolute Gasteiger partial charge is 0.164 e. The van der Waals surface area contributed by atoms with Gasteiger partial charge in [0.1, 0.15) is 47.5 Å². The molecule has 0 aromatic heterocycles. The van der Waals surface area contributed by atoms with Crippen molar-refractivity contribution in [3.63, 3.8) is 0 Å². The summed E-state index contributed by atoms with van der Waals surface area (Å²) in [6, 6.07) is 0. The zero-order valence-corrected chi connectivity index (χ0v) is 10.3. The van der Waals surface area contributed by atoms with E-state index in [4.69, 9.17) is 23.0 Å². The zero-order chi connectivity index (χ0) is 10.3. The van der Waals surface area contributed by atoms with Crippen LogP contribution in [0, 0.1) is 0 Å². The van der Waals surface area contributed by atoms with Crippen LogP contribution in [0.15, 0.2) is 0 Å². The Balaban J connectivity index is 2.07. The highest BCUT2D eigenvalue weighted by Gasteiger charge is 2.54. The van der Waals surface area contributed by atoms with E-state index in [9.17, 15) is 0 Å². The Morgan fingerprint density at radius 3 is 2.64 bits per heavy atom. The third kappa shape index (κ3) is 1.91. The Morgan fingerprint density at radius 2 is 2.00 bits per heavy atom. The number of fused-ring (bicyclic) bond motifs is 1. The molecule has 2 aliphatic heterocycles. The van der Waals surface area contributed by atoms with Crippen molar-refractivity contribution in [2.75, 3.05) is 6.61 Å². The van der Waals surface area contributed by atoms with Gasteiger partial charge in [-0.2, -0.15) is 0 Å². The van der Waals surface area contributed by atoms with Crippen molar-refractivity contribution in [2.45, 2.75) is 44.2 Å². The first-order chi connectivity index (χ1) is 6.53. The molecule has 0 bridgehead atoms. The summed E-state index contributed by atoms with van der Waals surface area (Å²) in [6.07, 6.45) is -0.844. The van der Waals surface area contributed by atoms with E-state index in [1.54, 1.807) is 0 Å². The minimum Gasteiger partial charge on any atom is -0.352 e. The lowest BCUT2D eigenvalue weighted by Gasteiger charge is -2.22. The van der Waals surface area contributed by atoms with E-state index in [0.717, 1.165) is 0 Å². The number of rotatable bonds is 2. The molecule has 4 atom stereocenters.